The molecule has 1 heterocycles. The summed E-state index contributed by atoms with van der Waals surface area (Å²) in [7, 11) is 0. The van der Waals surface area contributed by atoms with E-state index in [0.29, 0.717) is 31.3 Å². The number of carbonyl (C=O) groups is 1. The minimum Gasteiger partial charge on any atom is -0.490 e. The number of para-hydroxylation sites is 2. The molecule has 0 saturated carbocycles. The molecule has 1 aromatic rings. The molecule has 0 aliphatic carbocycles. The van der Waals surface area contributed by atoms with Gasteiger partial charge in [-0.05, 0) is 31.9 Å². The van der Waals surface area contributed by atoms with Crippen molar-refractivity contribution in [3.8, 4) is 11.5 Å². The van der Waals surface area contributed by atoms with Gasteiger partial charge in [0, 0.05) is 6.54 Å². The van der Waals surface area contributed by atoms with E-state index in [1.54, 1.807) is 6.07 Å². The number of ether oxygens (including phenoxy) is 2. The van der Waals surface area contributed by atoms with Gasteiger partial charge in [-0.1, -0.05) is 12.1 Å². The SMILES string of the molecule is CCOc1ccccc1OCC(=O)N1CCCCO1. The molecule has 0 bridgehead atoms. The van der Waals surface area contributed by atoms with Crippen molar-refractivity contribution in [1.29, 1.82) is 0 Å². The van der Waals surface area contributed by atoms with Crippen molar-refractivity contribution in [3.63, 3.8) is 0 Å². The Morgan fingerprint density at radius 2 is 2.00 bits per heavy atom. The molecule has 104 valence electrons. The van der Waals surface area contributed by atoms with Crippen LogP contribution in [0.4, 0.5) is 0 Å². The van der Waals surface area contributed by atoms with Crippen LogP contribution < -0.4 is 9.47 Å². The molecule has 0 atom stereocenters. The topological polar surface area (TPSA) is 48.0 Å². The molecule has 1 aliphatic heterocycles. The van der Waals surface area contributed by atoms with Crippen LogP contribution in [0.15, 0.2) is 24.3 Å². The van der Waals surface area contributed by atoms with Crippen molar-refractivity contribution in [1.82, 2.24) is 5.06 Å². The zero-order valence-electron chi connectivity index (χ0n) is 11.1. The molecular weight excluding hydrogens is 246 g/mol. The summed E-state index contributed by atoms with van der Waals surface area (Å²) in [5.74, 6) is 1.07. The number of amides is 1. The molecular formula is C14H19NO4. The van der Waals surface area contributed by atoms with E-state index in [-0.39, 0.29) is 12.5 Å². The average molecular weight is 265 g/mol. The number of nitrogens with zero attached hydrogens (tertiary/aromatic N) is 1. The highest BCUT2D eigenvalue weighted by Gasteiger charge is 2.18. The maximum atomic E-state index is 11.9. The molecule has 1 saturated heterocycles. The molecule has 0 N–H and O–H groups in total. The van der Waals surface area contributed by atoms with Gasteiger partial charge in [0.15, 0.2) is 18.1 Å². The van der Waals surface area contributed by atoms with Crippen LogP contribution >= 0.6 is 0 Å². The molecule has 0 aromatic heterocycles. The first-order valence-electron chi connectivity index (χ1n) is 6.59. The Labute approximate surface area is 113 Å². The van der Waals surface area contributed by atoms with Crippen molar-refractivity contribution in [3.05, 3.63) is 24.3 Å². The largest absolute Gasteiger partial charge is 0.490 e. The number of benzene rings is 1. The fourth-order valence-corrected chi connectivity index (χ4v) is 1.85. The summed E-state index contributed by atoms with van der Waals surface area (Å²) < 4.78 is 10.9. The quantitative estimate of drug-likeness (QED) is 0.817. The summed E-state index contributed by atoms with van der Waals surface area (Å²) in [6.45, 7) is 3.66. The van der Waals surface area contributed by atoms with E-state index >= 15 is 0 Å². The first-order valence-corrected chi connectivity index (χ1v) is 6.59. The van der Waals surface area contributed by atoms with Crippen molar-refractivity contribution < 1.29 is 19.1 Å². The minimum absolute atomic E-state index is 0.0376. The normalized spacial score (nSPS) is 15.1. The van der Waals surface area contributed by atoms with Crippen molar-refractivity contribution in [2.24, 2.45) is 0 Å². The fraction of sp³-hybridized carbons (Fsp3) is 0.500. The second kappa shape index (κ2) is 6.99. The molecule has 1 aromatic carbocycles. The molecule has 5 nitrogen and oxygen atoms in total. The number of hydroxylamine groups is 2. The smallest absolute Gasteiger partial charge is 0.283 e. The molecule has 1 amide bonds. The lowest BCUT2D eigenvalue weighted by Gasteiger charge is -2.25. The van der Waals surface area contributed by atoms with Crippen molar-refractivity contribution in [2.75, 3.05) is 26.4 Å². The Morgan fingerprint density at radius 1 is 1.26 bits per heavy atom. The Kier molecular flexibility index (Phi) is 5.03. The van der Waals surface area contributed by atoms with Gasteiger partial charge >= 0.3 is 0 Å². The first-order chi connectivity index (χ1) is 9.31. The second-order valence-corrected chi connectivity index (χ2v) is 4.20. The number of hydrogen-bond acceptors (Lipinski definition) is 4. The summed E-state index contributed by atoms with van der Waals surface area (Å²) in [4.78, 5) is 17.2. The van der Waals surface area contributed by atoms with Gasteiger partial charge in [-0.3, -0.25) is 9.63 Å². The zero-order valence-corrected chi connectivity index (χ0v) is 11.1. The van der Waals surface area contributed by atoms with Crippen LogP contribution in [-0.2, 0) is 9.63 Å². The van der Waals surface area contributed by atoms with Crippen LogP contribution in [0.5, 0.6) is 11.5 Å². The third-order valence-electron chi connectivity index (χ3n) is 2.78. The summed E-state index contributed by atoms with van der Waals surface area (Å²) in [5.41, 5.74) is 0. The van der Waals surface area contributed by atoms with E-state index in [4.69, 9.17) is 14.3 Å². The Balaban J connectivity index is 1.89. The lowest BCUT2D eigenvalue weighted by Crippen LogP contribution is -2.38. The van der Waals surface area contributed by atoms with Crippen molar-refractivity contribution in [2.45, 2.75) is 19.8 Å². The molecule has 5 heteroatoms. The Bertz CT molecular complexity index is 416. The summed E-state index contributed by atoms with van der Waals surface area (Å²) >= 11 is 0. The second-order valence-electron chi connectivity index (χ2n) is 4.20. The molecule has 0 unspecified atom stereocenters. The van der Waals surface area contributed by atoms with E-state index in [1.807, 2.05) is 25.1 Å². The summed E-state index contributed by atoms with van der Waals surface area (Å²) in [5, 5.41) is 1.38. The Morgan fingerprint density at radius 3 is 2.63 bits per heavy atom. The van der Waals surface area contributed by atoms with Crippen LogP contribution in [0.1, 0.15) is 19.8 Å². The lowest BCUT2D eigenvalue weighted by molar-refractivity contribution is -0.198. The van der Waals surface area contributed by atoms with Crippen LogP contribution in [0, 0.1) is 0 Å². The van der Waals surface area contributed by atoms with E-state index in [9.17, 15) is 4.79 Å². The molecule has 19 heavy (non-hydrogen) atoms. The van der Waals surface area contributed by atoms with E-state index in [1.165, 1.54) is 5.06 Å². The van der Waals surface area contributed by atoms with Gasteiger partial charge in [0.05, 0.1) is 13.2 Å². The number of carbonyl (C=O) groups excluding carboxylic acids is 1. The van der Waals surface area contributed by atoms with Crippen LogP contribution in [0.2, 0.25) is 0 Å². The Hall–Kier alpha value is -1.75. The van der Waals surface area contributed by atoms with Gasteiger partial charge in [-0.25, -0.2) is 5.06 Å². The predicted octanol–water partition coefficient (Wildman–Crippen LogP) is 2.02. The highest BCUT2D eigenvalue weighted by Crippen LogP contribution is 2.26. The fourth-order valence-electron chi connectivity index (χ4n) is 1.85. The summed E-state index contributed by atoms with van der Waals surface area (Å²) in [6.07, 6.45) is 1.97. The summed E-state index contributed by atoms with van der Waals surface area (Å²) in [6, 6.07) is 7.32. The third kappa shape index (κ3) is 3.86. The van der Waals surface area contributed by atoms with Crippen LogP contribution in [0.3, 0.4) is 0 Å². The number of hydrogen-bond donors (Lipinski definition) is 0. The highest BCUT2D eigenvalue weighted by atomic mass is 16.7. The van der Waals surface area contributed by atoms with E-state index < -0.39 is 0 Å². The van der Waals surface area contributed by atoms with E-state index in [0.717, 1.165) is 12.8 Å². The van der Waals surface area contributed by atoms with Gasteiger partial charge in [0.2, 0.25) is 0 Å². The first kappa shape index (κ1) is 13.7. The maximum absolute atomic E-state index is 11.9. The lowest BCUT2D eigenvalue weighted by atomic mass is 10.3. The van der Waals surface area contributed by atoms with Gasteiger partial charge in [0.1, 0.15) is 0 Å². The van der Waals surface area contributed by atoms with Crippen molar-refractivity contribution >= 4 is 5.91 Å². The van der Waals surface area contributed by atoms with Crippen LogP contribution in [0.25, 0.3) is 0 Å². The standard InChI is InChI=1S/C14H19NO4/c1-2-17-12-7-3-4-8-13(12)18-11-14(16)15-9-5-6-10-19-15/h3-4,7-8H,2,5-6,9-11H2,1H3. The third-order valence-corrected chi connectivity index (χ3v) is 2.78. The maximum Gasteiger partial charge on any atom is 0.283 e. The van der Waals surface area contributed by atoms with Crippen LogP contribution in [-0.4, -0.2) is 37.3 Å². The van der Waals surface area contributed by atoms with Gasteiger partial charge in [-0.15, -0.1) is 0 Å². The predicted molar refractivity (Wildman–Crippen MR) is 70.0 cm³/mol. The zero-order chi connectivity index (χ0) is 13.5. The molecule has 0 radical (unpaired) electrons. The van der Waals surface area contributed by atoms with Gasteiger partial charge < -0.3 is 9.47 Å². The van der Waals surface area contributed by atoms with Gasteiger partial charge in [0.25, 0.3) is 5.91 Å². The molecule has 1 fully saturated rings. The molecule has 2 rings (SSSR count). The highest BCUT2D eigenvalue weighted by molar-refractivity contribution is 5.76. The minimum atomic E-state index is -0.161. The molecule has 1 aliphatic rings. The average Bonchev–Trinajstić information content (AvgIpc) is 2.47. The number of rotatable bonds is 5. The van der Waals surface area contributed by atoms with Gasteiger partial charge in [-0.2, -0.15) is 0 Å². The van der Waals surface area contributed by atoms with E-state index in [2.05, 4.69) is 0 Å². The monoisotopic (exact) mass is 265 g/mol. The molecule has 0 spiro atoms.